The highest BCUT2D eigenvalue weighted by molar-refractivity contribution is 5.94. The molecule has 1 N–H and O–H groups in total. The summed E-state index contributed by atoms with van der Waals surface area (Å²) in [7, 11) is 0. The highest BCUT2D eigenvalue weighted by Crippen LogP contribution is 2.41. The molecule has 0 aliphatic heterocycles. The minimum absolute atomic E-state index is 0.0548. The van der Waals surface area contributed by atoms with E-state index < -0.39 is 17.5 Å². The summed E-state index contributed by atoms with van der Waals surface area (Å²) in [6, 6.07) is 12.8. The maximum absolute atomic E-state index is 14.0. The van der Waals surface area contributed by atoms with Gasteiger partial charge in [0.1, 0.15) is 11.6 Å². The number of aromatic nitrogens is 2. The van der Waals surface area contributed by atoms with Crippen molar-refractivity contribution in [3.05, 3.63) is 88.7 Å². The minimum atomic E-state index is -0.863. The van der Waals surface area contributed by atoms with Gasteiger partial charge in [-0.15, -0.1) is 0 Å². The molecule has 0 saturated heterocycles. The molecule has 2 aromatic carbocycles. The fourth-order valence-corrected chi connectivity index (χ4v) is 4.03. The van der Waals surface area contributed by atoms with Crippen molar-refractivity contribution in [2.24, 2.45) is 5.41 Å². The second-order valence-corrected chi connectivity index (χ2v) is 8.39. The summed E-state index contributed by atoms with van der Waals surface area (Å²) in [4.78, 5) is 12.7. The maximum Gasteiger partial charge on any atom is 0.254 e. The van der Waals surface area contributed by atoms with Crippen molar-refractivity contribution in [3.63, 3.8) is 0 Å². The second kappa shape index (κ2) is 7.43. The van der Waals surface area contributed by atoms with Gasteiger partial charge in [-0.2, -0.15) is 5.10 Å². The molecule has 4 nitrogen and oxygen atoms in total. The molecule has 1 aliphatic rings. The molecule has 0 bridgehead atoms. The molecule has 0 radical (unpaired) electrons. The van der Waals surface area contributed by atoms with Crippen molar-refractivity contribution in [1.82, 2.24) is 15.1 Å². The van der Waals surface area contributed by atoms with E-state index in [-0.39, 0.29) is 17.0 Å². The van der Waals surface area contributed by atoms with Crippen molar-refractivity contribution in [2.75, 3.05) is 0 Å². The van der Waals surface area contributed by atoms with E-state index in [9.17, 15) is 13.6 Å². The molecule has 3 aromatic rings. The number of rotatable bonds is 4. The molecule has 150 valence electrons. The number of nitrogens with one attached hydrogen (secondary N) is 1. The van der Waals surface area contributed by atoms with E-state index in [4.69, 9.17) is 0 Å². The van der Waals surface area contributed by atoms with Crippen LogP contribution in [0.15, 0.2) is 54.7 Å². The predicted octanol–water partition coefficient (Wildman–Crippen LogP) is 4.65. The van der Waals surface area contributed by atoms with Crippen LogP contribution in [0.4, 0.5) is 8.78 Å². The number of benzene rings is 2. The van der Waals surface area contributed by atoms with Crippen LogP contribution in [0.25, 0.3) is 0 Å². The Hall–Kier alpha value is -3.02. The lowest BCUT2D eigenvalue weighted by Gasteiger charge is -2.36. The van der Waals surface area contributed by atoms with Crippen LogP contribution in [0, 0.1) is 17.0 Å². The number of hydrogen-bond acceptors (Lipinski definition) is 2. The van der Waals surface area contributed by atoms with Gasteiger partial charge in [-0.3, -0.25) is 9.48 Å². The molecule has 1 aromatic heterocycles. The van der Waals surface area contributed by atoms with Gasteiger partial charge in [0.25, 0.3) is 5.91 Å². The summed E-state index contributed by atoms with van der Waals surface area (Å²) in [6.45, 7) is 4.94. The number of nitrogens with zero attached hydrogens (tertiary/aromatic N) is 2. The largest absolute Gasteiger partial charge is 0.345 e. The molecule has 1 heterocycles. The Morgan fingerprint density at radius 3 is 2.69 bits per heavy atom. The number of fused-ring (bicyclic) bond motifs is 1. The first-order chi connectivity index (χ1) is 13.8. The van der Waals surface area contributed by atoms with Gasteiger partial charge in [0.05, 0.1) is 24.3 Å². The highest BCUT2D eigenvalue weighted by Gasteiger charge is 2.36. The minimum Gasteiger partial charge on any atom is -0.345 e. The molecule has 0 fully saturated rings. The third-order valence-electron chi connectivity index (χ3n) is 5.42. The van der Waals surface area contributed by atoms with Crippen LogP contribution in [0.1, 0.15) is 53.5 Å². The van der Waals surface area contributed by atoms with Crippen molar-refractivity contribution in [2.45, 2.75) is 39.3 Å². The molecule has 0 spiro atoms. The standard InChI is InChI=1S/C23H23F2N3O/c1-23(2)11-20(27-22(29)17-9-8-16(24)10-19(17)25)18-13-26-28(21(18)12-23)14-15-6-4-3-5-7-15/h3-10,13,20H,11-12,14H2,1-2H3,(H,27,29)/t20-/m0/s1. The van der Waals surface area contributed by atoms with Gasteiger partial charge in [-0.1, -0.05) is 44.2 Å². The summed E-state index contributed by atoms with van der Waals surface area (Å²) in [6.07, 6.45) is 3.34. The molecular formula is C23H23F2N3O. The molecule has 6 heteroatoms. The van der Waals surface area contributed by atoms with Crippen LogP contribution in [0.5, 0.6) is 0 Å². The first kappa shape index (κ1) is 19.3. The molecule has 1 atom stereocenters. The zero-order chi connectivity index (χ0) is 20.6. The number of carbonyl (C=O) groups is 1. The number of halogens is 2. The van der Waals surface area contributed by atoms with Crippen molar-refractivity contribution < 1.29 is 13.6 Å². The Labute approximate surface area is 168 Å². The SMILES string of the molecule is CC1(C)Cc2c(cnn2Cc2ccccc2)[C@@H](NC(=O)c2ccc(F)cc2F)C1. The van der Waals surface area contributed by atoms with E-state index in [0.29, 0.717) is 13.0 Å². The van der Waals surface area contributed by atoms with Gasteiger partial charge in [0.2, 0.25) is 0 Å². The van der Waals surface area contributed by atoms with E-state index in [0.717, 1.165) is 35.4 Å². The zero-order valence-electron chi connectivity index (χ0n) is 16.5. The van der Waals surface area contributed by atoms with Crippen LogP contribution < -0.4 is 5.32 Å². The van der Waals surface area contributed by atoms with Crippen molar-refractivity contribution in [1.29, 1.82) is 0 Å². The summed E-state index contributed by atoms with van der Waals surface area (Å²) >= 11 is 0. The lowest BCUT2D eigenvalue weighted by atomic mass is 9.74. The van der Waals surface area contributed by atoms with Gasteiger partial charge in [0, 0.05) is 17.3 Å². The summed E-state index contributed by atoms with van der Waals surface area (Å²) in [5.74, 6) is -2.12. The van der Waals surface area contributed by atoms with E-state index in [1.54, 1.807) is 6.20 Å². The normalized spacial score (nSPS) is 17.6. The Bertz CT molecular complexity index is 1040. The van der Waals surface area contributed by atoms with E-state index in [1.807, 2.05) is 22.9 Å². The summed E-state index contributed by atoms with van der Waals surface area (Å²) in [5, 5.41) is 7.49. The Morgan fingerprint density at radius 2 is 1.97 bits per heavy atom. The van der Waals surface area contributed by atoms with E-state index in [2.05, 4.69) is 36.4 Å². The average Bonchev–Trinajstić information content (AvgIpc) is 3.04. The van der Waals surface area contributed by atoms with Crippen LogP contribution in [-0.2, 0) is 13.0 Å². The molecular weight excluding hydrogens is 372 g/mol. The van der Waals surface area contributed by atoms with Gasteiger partial charge < -0.3 is 5.32 Å². The monoisotopic (exact) mass is 395 g/mol. The summed E-state index contributed by atoms with van der Waals surface area (Å²) < 4.78 is 29.2. The summed E-state index contributed by atoms with van der Waals surface area (Å²) in [5.41, 5.74) is 2.97. The molecule has 4 rings (SSSR count). The first-order valence-electron chi connectivity index (χ1n) is 9.67. The number of hydrogen-bond donors (Lipinski definition) is 1. The molecule has 1 aliphatic carbocycles. The third kappa shape index (κ3) is 4.06. The Balaban J connectivity index is 1.62. The molecule has 1 amide bonds. The average molecular weight is 395 g/mol. The van der Waals surface area contributed by atoms with Gasteiger partial charge >= 0.3 is 0 Å². The highest BCUT2D eigenvalue weighted by atomic mass is 19.1. The lowest BCUT2D eigenvalue weighted by molar-refractivity contribution is 0.0915. The molecule has 0 unspecified atom stereocenters. The van der Waals surface area contributed by atoms with Crippen molar-refractivity contribution >= 4 is 5.91 Å². The predicted molar refractivity (Wildman–Crippen MR) is 106 cm³/mol. The number of amides is 1. The Kier molecular flexibility index (Phi) is 4.94. The van der Waals surface area contributed by atoms with E-state index >= 15 is 0 Å². The quantitative estimate of drug-likeness (QED) is 0.699. The lowest BCUT2D eigenvalue weighted by Crippen LogP contribution is -2.37. The number of carbonyl (C=O) groups excluding carboxylic acids is 1. The van der Waals surface area contributed by atoms with Crippen LogP contribution in [0.3, 0.4) is 0 Å². The van der Waals surface area contributed by atoms with Gasteiger partial charge in [-0.05, 0) is 36.0 Å². The van der Waals surface area contributed by atoms with E-state index in [1.165, 1.54) is 6.07 Å². The van der Waals surface area contributed by atoms with Crippen molar-refractivity contribution in [3.8, 4) is 0 Å². The van der Waals surface area contributed by atoms with Gasteiger partial charge in [0.15, 0.2) is 0 Å². The smallest absolute Gasteiger partial charge is 0.254 e. The molecule has 0 saturated carbocycles. The Morgan fingerprint density at radius 1 is 1.21 bits per heavy atom. The van der Waals surface area contributed by atoms with Gasteiger partial charge in [-0.25, -0.2) is 8.78 Å². The zero-order valence-corrected chi connectivity index (χ0v) is 16.5. The first-order valence-corrected chi connectivity index (χ1v) is 9.67. The third-order valence-corrected chi connectivity index (χ3v) is 5.42. The maximum atomic E-state index is 14.0. The topological polar surface area (TPSA) is 46.9 Å². The second-order valence-electron chi connectivity index (χ2n) is 8.39. The fourth-order valence-electron chi connectivity index (χ4n) is 4.03. The van der Waals surface area contributed by atoms with Crippen LogP contribution in [-0.4, -0.2) is 15.7 Å². The molecule has 29 heavy (non-hydrogen) atoms. The van der Waals surface area contributed by atoms with Crippen LogP contribution in [0.2, 0.25) is 0 Å². The fraction of sp³-hybridized carbons (Fsp3) is 0.304. The van der Waals surface area contributed by atoms with Crippen LogP contribution >= 0.6 is 0 Å².